The molecule has 0 heterocycles. The maximum atomic E-state index is 13.3. The summed E-state index contributed by atoms with van der Waals surface area (Å²) in [4.78, 5) is 22.9. The van der Waals surface area contributed by atoms with Gasteiger partial charge in [0.2, 0.25) is 0 Å². The Kier molecular flexibility index (Phi) is 16.0. The summed E-state index contributed by atoms with van der Waals surface area (Å²) in [6.07, 6.45) is -13.3. The van der Waals surface area contributed by atoms with Crippen molar-refractivity contribution in [1.29, 1.82) is 0 Å². The van der Waals surface area contributed by atoms with Crippen molar-refractivity contribution in [2.45, 2.75) is 60.1 Å². The Balaban J connectivity index is -0.00000114. The van der Waals surface area contributed by atoms with Gasteiger partial charge in [-0.1, -0.05) is 0 Å². The van der Waals surface area contributed by atoms with Crippen LogP contribution in [0.1, 0.15) is 9.27 Å². The molecule has 0 saturated carbocycles. The van der Waals surface area contributed by atoms with Gasteiger partial charge in [-0.3, -0.25) is 14.1 Å². The SMILES string of the molecule is O=C(CC(C(=O)OCC(F)(F)C(F)(F)C(F)(F)C(F)F)S(=O)(=O)O)OCC(F)(F)C(F)(F)C(F)(F)C(F)F.[H-].[H-].[Na+].[Na+]. The molecule has 1 unspecified atom stereocenters. The molecule has 7 nitrogen and oxygen atoms in total. The Hall–Kier alpha value is -0.270. The van der Waals surface area contributed by atoms with Crippen LogP contribution in [-0.2, 0) is 29.2 Å². The number of rotatable bonds is 14. The molecule has 0 radical (unpaired) electrons. The van der Waals surface area contributed by atoms with Crippen LogP contribution in [0.2, 0.25) is 0 Å². The zero-order chi connectivity index (χ0) is 30.9. The normalized spacial score (nSPS) is 14.8. The first-order valence-electron chi connectivity index (χ1n) is 8.62. The van der Waals surface area contributed by atoms with E-state index in [4.69, 9.17) is 4.55 Å². The summed E-state index contributed by atoms with van der Waals surface area (Å²) in [6, 6.07) is 0. The van der Waals surface area contributed by atoms with E-state index in [2.05, 4.69) is 9.47 Å². The molecule has 0 saturated heterocycles. The fourth-order valence-corrected chi connectivity index (χ4v) is 2.55. The number of hydrogen-bond acceptors (Lipinski definition) is 6. The van der Waals surface area contributed by atoms with E-state index >= 15 is 0 Å². The van der Waals surface area contributed by atoms with E-state index in [9.17, 15) is 88.3 Å². The first kappa shape index (κ1) is 44.2. The van der Waals surface area contributed by atoms with Crippen LogP contribution < -0.4 is 59.1 Å². The van der Waals surface area contributed by atoms with Crippen molar-refractivity contribution in [2.24, 2.45) is 0 Å². The average molecular weight is 674 g/mol. The Bertz CT molecular complexity index is 989. The van der Waals surface area contributed by atoms with Gasteiger partial charge in [-0.05, 0) is 0 Å². The third kappa shape index (κ3) is 9.36. The summed E-state index contributed by atoms with van der Waals surface area (Å²) in [5.41, 5.74) is 0. The second-order valence-corrected chi connectivity index (χ2v) is 8.48. The fourth-order valence-electron chi connectivity index (χ4n) is 1.89. The van der Waals surface area contributed by atoms with Crippen molar-refractivity contribution in [1.82, 2.24) is 0 Å². The number of esters is 2. The Morgan fingerprint density at radius 2 is 0.975 bits per heavy atom. The molecule has 0 aliphatic heterocycles. The molecule has 40 heavy (non-hydrogen) atoms. The Labute approximate surface area is 258 Å². The minimum atomic E-state index is -6.99. The van der Waals surface area contributed by atoms with Crippen LogP contribution in [0.5, 0.6) is 0 Å². The summed E-state index contributed by atoms with van der Waals surface area (Å²) in [5, 5.41) is -3.66. The van der Waals surface area contributed by atoms with Gasteiger partial charge in [-0.2, -0.15) is 61.1 Å². The van der Waals surface area contributed by atoms with E-state index in [0.717, 1.165) is 0 Å². The number of carbonyl (C=O) groups is 2. The van der Waals surface area contributed by atoms with Gasteiger partial charge in [0.05, 0.1) is 6.42 Å². The molecule has 0 spiro atoms. The minimum Gasteiger partial charge on any atom is -1.00 e. The van der Waals surface area contributed by atoms with Gasteiger partial charge in [0.1, 0.15) is 0 Å². The molecule has 26 heteroatoms. The molecule has 0 amide bonds. The van der Waals surface area contributed by atoms with E-state index in [-0.39, 0.29) is 62.0 Å². The molecule has 1 N–H and O–H groups in total. The Morgan fingerprint density at radius 3 is 1.25 bits per heavy atom. The second kappa shape index (κ2) is 14.5. The minimum absolute atomic E-state index is 0. The number of carbonyl (C=O) groups excluding carboxylic acids is 2. The number of halogens is 16. The number of alkyl halides is 16. The van der Waals surface area contributed by atoms with E-state index in [1.54, 1.807) is 0 Å². The average Bonchev–Trinajstić information content (AvgIpc) is 2.72. The van der Waals surface area contributed by atoms with Crippen LogP contribution >= 0.6 is 0 Å². The van der Waals surface area contributed by atoms with Crippen LogP contribution in [0.15, 0.2) is 0 Å². The van der Waals surface area contributed by atoms with Gasteiger partial charge in [0, 0.05) is 0 Å². The molecule has 0 fully saturated rings. The zero-order valence-electron chi connectivity index (χ0n) is 21.2. The molecule has 0 aromatic rings. The summed E-state index contributed by atoms with van der Waals surface area (Å²) in [7, 11) is -6.15. The van der Waals surface area contributed by atoms with E-state index in [1.807, 2.05) is 0 Å². The molecule has 0 aromatic heterocycles. The third-order valence-corrected chi connectivity index (χ3v) is 5.17. The van der Waals surface area contributed by atoms with Crippen molar-refractivity contribution in [3.8, 4) is 0 Å². The van der Waals surface area contributed by atoms with Crippen molar-refractivity contribution in [3.05, 3.63) is 0 Å². The monoisotopic (exact) mass is 674 g/mol. The molecule has 1 atom stereocenters. The van der Waals surface area contributed by atoms with Gasteiger partial charge in [0.25, 0.3) is 10.1 Å². The molecule has 0 aliphatic carbocycles. The summed E-state index contributed by atoms with van der Waals surface area (Å²) in [6.45, 7) is -6.57. The Morgan fingerprint density at radius 1 is 0.675 bits per heavy atom. The van der Waals surface area contributed by atoms with Crippen LogP contribution in [0, 0.1) is 0 Å². The molecule has 0 bridgehead atoms. The van der Waals surface area contributed by atoms with Gasteiger partial charge in [-0.15, -0.1) is 0 Å². The molecular formula is C14H12F16Na2O7S. The van der Waals surface area contributed by atoms with Crippen molar-refractivity contribution in [3.63, 3.8) is 0 Å². The summed E-state index contributed by atoms with van der Waals surface area (Å²) >= 11 is 0. The van der Waals surface area contributed by atoms with Gasteiger partial charge >= 0.3 is 119 Å². The first-order chi connectivity index (χ1) is 16.5. The van der Waals surface area contributed by atoms with E-state index < -0.39 is 95.3 Å². The summed E-state index contributed by atoms with van der Waals surface area (Å²) in [5.74, 6) is -45.8. The number of ether oxygens (including phenoxy) is 2. The zero-order valence-corrected chi connectivity index (χ0v) is 24.0. The third-order valence-electron chi connectivity index (χ3n) is 4.09. The standard InChI is InChI=1S/C14H10F16O7S.2Na.2H/c15-7(16)11(23,24)13(27,28)9(19,20)2-36-5(31)1-4(38(33,34)35)6(32)37-3-10(21,22)14(29,30)12(25,26)8(17)18;;;;/h4,7-8H,1-3H2,(H,33,34,35);;;;/q;2*+1;2*-1. The maximum Gasteiger partial charge on any atom is 1.00 e. The predicted molar refractivity (Wildman–Crippen MR) is 85.8 cm³/mol. The largest absolute Gasteiger partial charge is 1.00 e. The second-order valence-electron chi connectivity index (χ2n) is 6.88. The van der Waals surface area contributed by atoms with Crippen molar-refractivity contribution in [2.75, 3.05) is 13.2 Å². The van der Waals surface area contributed by atoms with Crippen LogP contribution in [0.4, 0.5) is 70.2 Å². The smallest absolute Gasteiger partial charge is 1.00 e. The van der Waals surface area contributed by atoms with Gasteiger partial charge in [-0.25, -0.2) is 17.6 Å². The predicted octanol–water partition coefficient (Wildman–Crippen LogP) is -1.71. The first-order valence-corrected chi connectivity index (χ1v) is 10.1. The fraction of sp³-hybridized carbons (Fsp3) is 0.857. The topological polar surface area (TPSA) is 107 Å². The van der Waals surface area contributed by atoms with E-state index in [0.29, 0.717) is 0 Å². The molecule has 0 aromatic carbocycles. The molecular weight excluding hydrogens is 662 g/mol. The molecule has 0 rings (SSSR count). The van der Waals surface area contributed by atoms with Crippen LogP contribution in [0.25, 0.3) is 0 Å². The van der Waals surface area contributed by atoms with Gasteiger partial charge < -0.3 is 12.3 Å². The van der Waals surface area contributed by atoms with Gasteiger partial charge in [0.15, 0.2) is 18.5 Å². The summed E-state index contributed by atoms with van der Waals surface area (Å²) < 4.78 is 242. The van der Waals surface area contributed by atoms with Crippen molar-refractivity contribution < 1.29 is 164 Å². The van der Waals surface area contributed by atoms with Crippen LogP contribution in [-0.4, -0.2) is 91.8 Å². The van der Waals surface area contributed by atoms with Crippen LogP contribution in [0.3, 0.4) is 0 Å². The number of hydrogen-bond donors (Lipinski definition) is 1. The van der Waals surface area contributed by atoms with Crippen molar-refractivity contribution >= 4 is 22.1 Å². The van der Waals surface area contributed by atoms with E-state index in [1.165, 1.54) is 0 Å². The molecule has 230 valence electrons. The maximum absolute atomic E-state index is 13.3. The molecule has 0 aliphatic rings. The quantitative estimate of drug-likeness (QED) is 0.101.